The van der Waals surface area contributed by atoms with Crippen molar-refractivity contribution in [1.29, 1.82) is 0 Å². The molecular weight excluding hydrogens is 364 g/mol. The molecule has 5 nitrogen and oxygen atoms in total. The first-order valence-corrected chi connectivity index (χ1v) is 9.40. The minimum absolute atomic E-state index is 0.253. The summed E-state index contributed by atoms with van der Waals surface area (Å²) in [6, 6.07) is 15.1. The van der Waals surface area contributed by atoms with Crippen LogP contribution in [0.2, 0.25) is 5.02 Å². The summed E-state index contributed by atoms with van der Waals surface area (Å²) in [6.07, 6.45) is 1.18. The van der Waals surface area contributed by atoms with Gasteiger partial charge in [-0.2, -0.15) is 0 Å². The molecular formula is C21H21ClN2O3. The van der Waals surface area contributed by atoms with Crippen molar-refractivity contribution in [2.75, 3.05) is 6.54 Å². The van der Waals surface area contributed by atoms with Crippen LogP contribution in [0.4, 0.5) is 0 Å². The van der Waals surface area contributed by atoms with E-state index < -0.39 is 17.6 Å². The largest absolute Gasteiger partial charge is 0.468 e. The zero-order valence-electron chi connectivity index (χ0n) is 15.0. The number of benzene rings is 2. The summed E-state index contributed by atoms with van der Waals surface area (Å²) in [5.41, 5.74) is 6.78. The molecule has 4 rings (SSSR count). The fourth-order valence-corrected chi connectivity index (χ4v) is 4.40. The summed E-state index contributed by atoms with van der Waals surface area (Å²) in [5.74, 6) is -1.25. The van der Waals surface area contributed by atoms with Crippen LogP contribution in [0.3, 0.4) is 0 Å². The van der Waals surface area contributed by atoms with Gasteiger partial charge >= 0.3 is 0 Å². The van der Waals surface area contributed by atoms with Crippen molar-refractivity contribution in [2.24, 2.45) is 11.7 Å². The van der Waals surface area contributed by atoms with E-state index in [-0.39, 0.29) is 11.8 Å². The molecule has 2 N–H and O–H groups in total. The Morgan fingerprint density at radius 2 is 1.96 bits per heavy atom. The lowest BCUT2D eigenvalue weighted by molar-refractivity contribution is -0.175. The Balaban J connectivity index is 1.67. The molecule has 0 radical (unpaired) electrons. The summed E-state index contributed by atoms with van der Waals surface area (Å²) in [4.78, 5) is 27.0. The monoisotopic (exact) mass is 384 g/mol. The summed E-state index contributed by atoms with van der Waals surface area (Å²) in [5, 5.41) is 0.670. The predicted molar refractivity (Wildman–Crippen MR) is 102 cm³/mol. The number of nitrogens with zero attached hydrogens (tertiary/aromatic N) is 1. The Kier molecular flexibility index (Phi) is 4.35. The van der Waals surface area contributed by atoms with Crippen molar-refractivity contribution in [3.8, 4) is 5.75 Å². The lowest BCUT2D eigenvalue weighted by Gasteiger charge is -2.52. The average Bonchev–Trinajstić information content (AvgIpc) is 2.62. The van der Waals surface area contributed by atoms with Gasteiger partial charge in [0.05, 0.1) is 0 Å². The van der Waals surface area contributed by atoms with Crippen LogP contribution in [-0.4, -0.2) is 29.0 Å². The molecule has 0 aromatic heterocycles. The van der Waals surface area contributed by atoms with Crippen LogP contribution in [0.1, 0.15) is 30.4 Å². The Hall–Kier alpha value is -2.53. The highest BCUT2D eigenvalue weighted by molar-refractivity contribution is 6.30. The van der Waals surface area contributed by atoms with Gasteiger partial charge in [0.15, 0.2) is 5.72 Å². The summed E-state index contributed by atoms with van der Waals surface area (Å²) in [6.45, 7) is 2.35. The molecule has 27 heavy (non-hydrogen) atoms. The van der Waals surface area contributed by atoms with Crippen molar-refractivity contribution >= 4 is 23.4 Å². The summed E-state index contributed by atoms with van der Waals surface area (Å²) in [7, 11) is 0. The highest BCUT2D eigenvalue weighted by Gasteiger charge is 2.55. The number of rotatable bonds is 4. The van der Waals surface area contributed by atoms with Crippen molar-refractivity contribution in [1.82, 2.24) is 4.90 Å². The van der Waals surface area contributed by atoms with Gasteiger partial charge in [0.2, 0.25) is 11.8 Å². The SMILES string of the molecule is CC12CC(c3ccccc3O1)C(C(N)=O)C(=O)N2CCc1ccc(Cl)cc1. The van der Waals surface area contributed by atoms with Crippen molar-refractivity contribution in [3.63, 3.8) is 0 Å². The highest BCUT2D eigenvalue weighted by atomic mass is 35.5. The Bertz CT molecular complexity index is 899. The number of likely N-dealkylation sites (tertiary alicyclic amines) is 1. The average molecular weight is 385 g/mol. The molecule has 2 aliphatic rings. The van der Waals surface area contributed by atoms with Crippen LogP contribution in [0.15, 0.2) is 48.5 Å². The van der Waals surface area contributed by atoms with Crippen LogP contribution in [-0.2, 0) is 16.0 Å². The van der Waals surface area contributed by atoms with E-state index in [9.17, 15) is 9.59 Å². The fraction of sp³-hybridized carbons (Fsp3) is 0.333. The number of hydrogen-bond acceptors (Lipinski definition) is 3. The number of carbonyl (C=O) groups excluding carboxylic acids is 2. The van der Waals surface area contributed by atoms with E-state index in [1.54, 1.807) is 4.90 Å². The van der Waals surface area contributed by atoms with E-state index in [2.05, 4.69) is 0 Å². The fourth-order valence-electron chi connectivity index (χ4n) is 4.27. The molecule has 1 saturated heterocycles. The minimum atomic E-state index is -0.867. The van der Waals surface area contributed by atoms with Crippen molar-refractivity contribution in [2.45, 2.75) is 31.4 Å². The minimum Gasteiger partial charge on any atom is -0.468 e. The van der Waals surface area contributed by atoms with Gasteiger partial charge in [-0.05, 0) is 42.7 Å². The van der Waals surface area contributed by atoms with Gasteiger partial charge in [0.1, 0.15) is 11.7 Å². The summed E-state index contributed by atoms with van der Waals surface area (Å²) < 4.78 is 6.24. The summed E-state index contributed by atoms with van der Waals surface area (Å²) >= 11 is 5.94. The van der Waals surface area contributed by atoms with Gasteiger partial charge in [0.25, 0.3) is 0 Å². The Labute approximate surface area is 163 Å². The van der Waals surface area contributed by atoms with Crippen LogP contribution in [0.5, 0.6) is 5.75 Å². The van der Waals surface area contributed by atoms with Crippen LogP contribution >= 0.6 is 11.6 Å². The maximum atomic E-state index is 13.2. The maximum Gasteiger partial charge on any atom is 0.238 e. The molecule has 0 saturated carbocycles. The van der Waals surface area contributed by atoms with Gasteiger partial charge < -0.3 is 15.4 Å². The van der Waals surface area contributed by atoms with Gasteiger partial charge in [0, 0.05) is 23.9 Å². The van der Waals surface area contributed by atoms with Crippen LogP contribution in [0.25, 0.3) is 0 Å². The predicted octanol–water partition coefficient (Wildman–Crippen LogP) is 3.11. The number of ether oxygens (including phenoxy) is 1. The van der Waals surface area contributed by atoms with E-state index in [0.717, 1.165) is 11.1 Å². The number of piperidine rings is 1. The third-order valence-electron chi connectivity index (χ3n) is 5.60. The second-order valence-electron chi connectivity index (χ2n) is 7.37. The lowest BCUT2D eigenvalue weighted by Crippen LogP contribution is -2.64. The number of halogens is 1. The Morgan fingerprint density at radius 1 is 1.26 bits per heavy atom. The number of hydrogen-bond donors (Lipinski definition) is 1. The number of para-hydroxylation sites is 1. The van der Waals surface area contributed by atoms with Crippen LogP contribution < -0.4 is 10.5 Å². The molecule has 2 aromatic carbocycles. The highest BCUT2D eigenvalue weighted by Crippen LogP contribution is 2.49. The molecule has 0 aliphatic carbocycles. The second kappa shape index (κ2) is 6.57. The smallest absolute Gasteiger partial charge is 0.238 e. The standard InChI is InChI=1S/C21H21ClN2O3/c1-21-12-16(15-4-2-3-5-17(15)27-21)18(19(23)25)20(26)24(21)11-10-13-6-8-14(22)9-7-13/h2-9,16,18H,10-12H2,1H3,(H2,23,25). The zero-order valence-corrected chi connectivity index (χ0v) is 15.8. The lowest BCUT2D eigenvalue weighted by atomic mass is 9.73. The maximum absolute atomic E-state index is 13.2. The number of fused-ring (bicyclic) bond motifs is 4. The third-order valence-corrected chi connectivity index (χ3v) is 5.85. The van der Waals surface area contributed by atoms with E-state index in [1.807, 2.05) is 55.5 Å². The van der Waals surface area contributed by atoms with E-state index in [0.29, 0.717) is 30.2 Å². The molecule has 140 valence electrons. The molecule has 3 atom stereocenters. The topological polar surface area (TPSA) is 72.6 Å². The number of carbonyl (C=O) groups is 2. The van der Waals surface area contributed by atoms with E-state index >= 15 is 0 Å². The first-order chi connectivity index (χ1) is 12.9. The second-order valence-corrected chi connectivity index (χ2v) is 7.81. The van der Waals surface area contributed by atoms with Gasteiger partial charge in [-0.1, -0.05) is 41.9 Å². The molecule has 3 unspecified atom stereocenters. The van der Waals surface area contributed by atoms with E-state index in [4.69, 9.17) is 22.1 Å². The molecule has 2 aliphatic heterocycles. The first kappa shape index (κ1) is 17.9. The van der Waals surface area contributed by atoms with Gasteiger partial charge in [-0.15, -0.1) is 0 Å². The first-order valence-electron chi connectivity index (χ1n) is 9.02. The van der Waals surface area contributed by atoms with Gasteiger partial charge in [-0.25, -0.2) is 0 Å². The molecule has 0 spiro atoms. The van der Waals surface area contributed by atoms with Crippen molar-refractivity contribution in [3.05, 3.63) is 64.7 Å². The van der Waals surface area contributed by atoms with E-state index in [1.165, 1.54) is 0 Å². The number of amides is 2. The molecule has 2 aromatic rings. The molecule has 1 fully saturated rings. The molecule has 2 bridgehead atoms. The molecule has 6 heteroatoms. The quantitative estimate of drug-likeness (QED) is 0.823. The zero-order chi connectivity index (χ0) is 19.2. The Morgan fingerprint density at radius 3 is 2.67 bits per heavy atom. The number of nitrogens with two attached hydrogens (primary N) is 1. The normalized spacial score (nSPS) is 26.3. The molecule has 2 amide bonds. The van der Waals surface area contributed by atoms with Crippen molar-refractivity contribution < 1.29 is 14.3 Å². The third kappa shape index (κ3) is 3.06. The molecule has 2 heterocycles. The number of primary amides is 1. The van der Waals surface area contributed by atoms with Crippen LogP contribution in [0, 0.1) is 5.92 Å². The van der Waals surface area contributed by atoms with Gasteiger partial charge in [-0.3, -0.25) is 9.59 Å².